The minimum atomic E-state index is -4.59. The van der Waals surface area contributed by atoms with Crippen molar-refractivity contribution in [2.45, 2.75) is 25.9 Å². The Morgan fingerprint density at radius 1 is 0.718 bits per heavy atom. The molecule has 0 saturated carbocycles. The van der Waals surface area contributed by atoms with E-state index in [1.807, 2.05) is 31.2 Å². The van der Waals surface area contributed by atoms with Crippen LogP contribution in [0.3, 0.4) is 0 Å². The summed E-state index contributed by atoms with van der Waals surface area (Å²) in [6, 6.07) is 25.2. The Labute approximate surface area is 223 Å². The molecule has 2 amide bonds. The molecule has 4 rings (SSSR count). The van der Waals surface area contributed by atoms with Crippen molar-refractivity contribution in [3.8, 4) is 0 Å². The topological polar surface area (TPSA) is 75.3 Å². The third-order valence-corrected chi connectivity index (χ3v) is 6.02. The molecule has 0 aliphatic rings. The van der Waals surface area contributed by atoms with E-state index in [0.717, 1.165) is 17.2 Å². The van der Waals surface area contributed by atoms with E-state index in [1.54, 1.807) is 30.3 Å². The Morgan fingerprint density at radius 2 is 1.36 bits per heavy atom. The average Bonchev–Trinajstić information content (AvgIpc) is 2.90. The first-order valence-corrected chi connectivity index (χ1v) is 12.1. The average molecular weight is 531 g/mol. The summed E-state index contributed by atoms with van der Waals surface area (Å²) < 4.78 is 40.0. The van der Waals surface area contributed by atoms with Crippen molar-refractivity contribution < 1.29 is 27.6 Å². The molecular formula is C31H25F3N2O3. The van der Waals surface area contributed by atoms with Crippen molar-refractivity contribution >= 4 is 29.0 Å². The van der Waals surface area contributed by atoms with Crippen molar-refractivity contribution in [1.29, 1.82) is 0 Å². The van der Waals surface area contributed by atoms with E-state index in [1.165, 1.54) is 36.4 Å². The fourth-order valence-corrected chi connectivity index (χ4v) is 4.08. The van der Waals surface area contributed by atoms with E-state index in [-0.39, 0.29) is 40.6 Å². The van der Waals surface area contributed by atoms with E-state index in [2.05, 4.69) is 10.6 Å². The Kier molecular flexibility index (Phi) is 8.24. The van der Waals surface area contributed by atoms with Gasteiger partial charge in [-0.3, -0.25) is 14.4 Å². The summed E-state index contributed by atoms with van der Waals surface area (Å²) >= 11 is 0. The zero-order valence-corrected chi connectivity index (χ0v) is 21.0. The van der Waals surface area contributed by atoms with E-state index in [4.69, 9.17) is 0 Å². The van der Waals surface area contributed by atoms with Crippen LogP contribution in [0.5, 0.6) is 0 Å². The van der Waals surface area contributed by atoms with Crippen molar-refractivity contribution in [2.24, 2.45) is 0 Å². The van der Waals surface area contributed by atoms with Crippen LogP contribution in [0.15, 0.2) is 97.1 Å². The van der Waals surface area contributed by atoms with Crippen LogP contribution in [0.4, 0.5) is 24.5 Å². The number of benzene rings is 4. The molecule has 8 heteroatoms. The molecule has 0 aliphatic heterocycles. The molecule has 4 aromatic rings. The van der Waals surface area contributed by atoms with Gasteiger partial charge in [-0.25, -0.2) is 0 Å². The number of hydrogen-bond donors (Lipinski definition) is 2. The second-order valence-corrected chi connectivity index (χ2v) is 9.05. The molecule has 0 unspecified atom stereocenters. The highest BCUT2D eigenvalue weighted by atomic mass is 19.4. The molecule has 0 bridgehead atoms. The molecule has 0 heterocycles. The highest BCUT2D eigenvalue weighted by Gasteiger charge is 2.33. The van der Waals surface area contributed by atoms with E-state index < -0.39 is 24.1 Å². The summed E-state index contributed by atoms with van der Waals surface area (Å²) in [5.41, 5.74) is 1.78. The summed E-state index contributed by atoms with van der Waals surface area (Å²) in [5, 5.41) is 5.34. The maximum absolute atomic E-state index is 13.3. The first-order valence-electron chi connectivity index (χ1n) is 12.1. The lowest BCUT2D eigenvalue weighted by atomic mass is 10.00. The standard InChI is InChI=1S/C31H25F3N2O3/c1-20-11-13-21(14-12-20)17-28(37)36-27-16-15-24(19-25(27)30(39)22-7-3-2-4-8-22)35-29(38)18-23-9-5-6-10-26(23)31(32,33)34/h2-16,19H,17-18H2,1H3,(H,35,38)(H,36,37). The number of ketones is 1. The van der Waals surface area contributed by atoms with Gasteiger partial charge in [0.25, 0.3) is 0 Å². The number of rotatable bonds is 8. The van der Waals surface area contributed by atoms with Gasteiger partial charge in [-0.2, -0.15) is 13.2 Å². The van der Waals surface area contributed by atoms with E-state index in [0.29, 0.717) is 5.56 Å². The quantitative estimate of drug-likeness (QED) is 0.252. The summed E-state index contributed by atoms with van der Waals surface area (Å²) in [4.78, 5) is 38.8. The minimum absolute atomic E-state index is 0.0936. The second-order valence-electron chi connectivity index (χ2n) is 9.05. The van der Waals surface area contributed by atoms with Crippen molar-refractivity contribution in [1.82, 2.24) is 0 Å². The van der Waals surface area contributed by atoms with E-state index in [9.17, 15) is 27.6 Å². The first-order chi connectivity index (χ1) is 18.6. The number of amides is 2. The van der Waals surface area contributed by atoms with Gasteiger partial charge in [-0.1, -0.05) is 78.4 Å². The fourth-order valence-electron chi connectivity index (χ4n) is 4.08. The minimum Gasteiger partial charge on any atom is -0.326 e. The van der Waals surface area contributed by atoms with Crippen LogP contribution < -0.4 is 10.6 Å². The van der Waals surface area contributed by atoms with Crippen molar-refractivity contribution in [3.05, 3.63) is 130 Å². The summed E-state index contributed by atoms with van der Waals surface area (Å²) in [7, 11) is 0. The number of halogens is 3. The van der Waals surface area contributed by atoms with Gasteiger partial charge >= 0.3 is 6.18 Å². The highest BCUT2D eigenvalue weighted by Crippen LogP contribution is 2.32. The molecule has 0 aliphatic carbocycles. The number of alkyl halides is 3. The Balaban J connectivity index is 1.57. The smallest absolute Gasteiger partial charge is 0.326 e. The predicted molar refractivity (Wildman–Crippen MR) is 144 cm³/mol. The van der Waals surface area contributed by atoms with Crippen molar-refractivity contribution in [2.75, 3.05) is 10.6 Å². The number of aryl methyl sites for hydroxylation is 1. The lowest BCUT2D eigenvalue weighted by Gasteiger charge is -2.15. The molecule has 0 radical (unpaired) electrons. The Morgan fingerprint density at radius 3 is 2.05 bits per heavy atom. The van der Waals surface area contributed by atoms with Crippen LogP contribution >= 0.6 is 0 Å². The zero-order valence-electron chi connectivity index (χ0n) is 21.0. The number of hydrogen-bond acceptors (Lipinski definition) is 3. The lowest BCUT2D eigenvalue weighted by molar-refractivity contribution is -0.138. The van der Waals surface area contributed by atoms with E-state index >= 15 is 0 Å². The third-order valence-electron chi connectivity index (χ3n) is 6.02. The van der Waals surface area contributed by atoms with Crippen LogP contribution in [0, 0.1) is 6.92 Å². The summed E-state index contributed by atoms with van der Waals surface area (Å²) in [5.74, 6) is -1.40. The van der Waals surface area contributed by atoms with Crippen LogP contribution in [0.1, 0.15) is 38.2 Å². The maximum Gasteiger partial charge on any atom is 0.416 e. The SMILES string of the molecule is Cc1ccc(CC(=O)Nc2ccc(NC(=O)Cc3ccccc3C(F)(F)F)cc2C(=O)c2ccccc2)cc1. The van der Waals surface area contributed by atoms with Crippen LogP contribution in [0.2, 0.25) is 0 Å². The number of carbonyl (C=O) groups excluding carboxylic acids is 3. The Hall–Kier alpha value is -4.72. The second kappa shape index (κ2) is 11.8. The lowest BCUT2D eigenvalue weighted by Crippen LogP contribution is -2.19. The van der Waals surface area contributed by atoms with Gasteiger partial charge < -0.3 is 10.6 Å². The van der Waals surface area contributed by atoms with Crippen molar-refractivity contribution in [3.63, 3.8) is 0 Å². The number of anilines is 2. The van der Waals surface area contributed by atoms with Gasteiger partial charge in [-0.15, -0.1) is 0 Å². The Bertz CT molecular complexity index is 1500. The monoisotopic (exact) mass is 530 g/mol. The predicted octanol–water partition coefficient (Wildman–Crippen LogP) is 6.61. The first kappa shape index (κ1) is 27.3. The van der Waals surface area contributed by atoms with Gasteiger partial charge in [0.2, 0.25) is 11.8 Å². The molecule has 5 nitrogen and oxygen atoms in total. The van der Waals surface area contributed by atoms with Crippen LogP contribution in [0.25, 0.3) is 0 Å². The van der Waals surface area contributed by atoms with Crippen LogP contribution in [-0.4, -0.2) is 17.6 Å². The van der Waals surface area contributed by atoms with Gasteiger partial charge in [0.15, 0.2) is 5.78 Å². The van der Waals surface area contributed by atoms with Gasteiger partial charge in [0.1, 0.15) is 0 Å². The third kappa shape index (κ3) is 7.19. The molecule has 198 valence electrons. The zero-order chi connectivity index (χ0) is 28.0. The molecule has 0 aromatic heterocycles. The molecule has 0 saturated heterocycles. The van der Waals surface area contributed by atoms with Gasteiger partial charge in [-0.05, 0) is 42.3 Å². The largest absolute Gasteiger partial charge is 0.416 e. The molecule has 0 fully saturated rings. The fraction of sp³-hybridized carbons (Fsp3) is 0.129. The van der Waals surface area contributed by atoms with Gasteiger partial charge in [0.05, 0.1) is 24.1 Å². The number of nitrogens with one attached hydrogen (secondary N) is 2. The molecule has 4 aromatic carbocycles. The molecule has 39 heavy (non-hydrogen) atoms. The molecule has 0 spiro atoms. The summed E-state index contributed by atoms with van der Waals surface area (Å²) in [6.07, 6.45) is -5.01. The molecule has 0 atom stereocenters. The maximum atomic E-state index is 13.3. The summed E-state index contributed by atoms with van der Waals surface area (Å²) in [6.45, 7) is 1.95. The van der Waals surface area contributed by atoms with Gasteiger partial charge in [0, 0.05) is 16.8 Å². The molecular weight excluding hydrogens is 505 g/mol. The number of carbonyl (C=O) groups is 3. The normalized spacial score (nSPS) is 11.1. The van der Waals surface area contributed by atoms with Crippen LogP contribution in [-0.2, 0) is 28.6 Å². The molecule has 2 N–H and O–H groups in total. The highest BCUT2D eigenvalue weighted by molar-refractivity contribution is 6.14.